The Morgan fingerprint density at radius 2 is 1.96 bits per heavy atom. The van der Waals surface area contributed by atoms with Gasteiger partial charge < -0.3 is 10.2 Å². The molecule has 0 aliphatic carbocycles. The molecule has 2 aromatic rings. The molecule has 1 N–H and O–H groups in total. The van der Waals surface area contributed by atoms with Crippen LogP contribution in [-0.2, 0) is 6.54 Å². The number of aryl methyl sites for hydroxylation is 1. The first-order chi connectivity index (χ1) is 12.3. The first-order valence-corrected chi connectivity index (χ1v) is 10.3. The van der Waals surface area contributed by atoms with Gasteiger partial charge in [0, 0.05) is 43.8 Å². The Kier molecular flexibility index (Phi) is 5.17. The van der Waals surface area contributed by atoms with Crippen molar-refractivity contribution in [1.29, 1.82) is 0 Å². The number of likely N-dealkylation sites (tertiary alicyclic amines) is 1. The molecule has 25 heavy (non-hydrogen) atoms. The first-order valence-electron chi connectivity index (χ1n) is 9.38. The Morgan fingerprint density at radius 3 is 2.68 bits per heavy atom. The van der Waals surface area contributed by atoms with Crippen LogP contribution in [0.5, 0.6) is 0 Å². The summed E-state index contributed by atoms with van der Waals surface area (Å²) in [6.45, 7) is 7.63. The number of nitrogens with zero attached hydrogens (tertiary/aromatic N) is 4. The second-order valence-electron chi connectivity index (χ2n) is 7.20. The summed E-state index contributed by atoms with van der Waals surface area (Å²) in [7, 11) is 0. The van der Waals surface area contributed by atoms with Gasteiger partial charge in [-0.05, 0) is 42.8 Å². The topological polar surface area (TPSA) is 44.3 Å². The van der Waals surface area contributed by atoms with Crippen molar-refractivity contribution < 1.29 is 0 Å². The number of nitrogens with one attached hydrogen (secondary N) is 1. The molecule has 0 saturated carbocycles. The lowest BCUT2D eigenvalue weighted by Gasteiger charge is -2.39. The Hall–Kier alpha value is -1.66. The standard InChI is InChI=1S/C19H27N5S/c1-15-7-11-25-17(15)14-23-12-16(13-23)21-19-20-8-6-18(22-19)24-9-4-2-3-5-10-24/h6-8,11,16H,2-5,9-10,12-14H2,1H3,(H,20,21,22). The molecule has 0 amide bonds. The first kappa shape index (κ1) is 16.8. The molecule has 2 aromatic heterocycles. The van der Waals surface area contributed by atoms with E-state index in [-0.39, 0.29) is 0 Å². The smallest absolute Gasteiger partial charge is 0.224 e. The van der Waals surface area contributed by atoms with Gasteiger partial charge >= 0.3 is 0 Å². The molecule has 0 unspecified atom stereocenters. The SMILES string of the molecule is Cc1ccsc1CN1CC(Nc2nccc(N3CCCCCC3)n2)C1. The number of rotatable bonds is 5. The van der Waals surface area contributed by atoms with Crippen LogP contribution in [-0.4, -0.2) is 47.1 Å². The second kappa shape index (κ2) is 7.70. The summed E-state index contributed by atoms with van der Waals surface area (Å²) < 4.78 is 0. The minimum Gasteiger partial charge on any atom is -0.356 e. The lowest BCUT2D eigenvalue weighted by Crippen LogP contribution is -2.54. The molecule has 2 aliphatic rings. The summed E-state index contributed by atoms with van der Waals surface area (Å²) in [5.41, 5.74) is 1.41. The van der Waals surface area contributed by atoms with E-state index < -0.39 is 0 Å². The molecule has 0 radical (unpaired) electrons. The maximum Gasteiger partial charge on any atom is 0.224 e. The van der Waals surface area contributed by atoms with Gasteiger partial charge in [0.15, 0.2) is 0 Å². The fraction of sp³-hybridized carbons (Fsp3) is 0.579. The van der Waals surface area contributed by atoms with Gasteiger partial charge in [-0.2, -0.15) is 4.98 Å². The van der Waals surface area contributed by atoms with Gasteiger partial charge in [-0.15, -0.1) is 11.3 Å². The summed E-state index contributed by atoms with van der Waals surface area (Å²) in [6, 6.07) is 4.71. The maximum absolute atomic E-state index is 4.76. The van der Waals surface area contributed by atoms with E-state index in [1.54, 1.807) is 0 Å². The van der Waals surface area contributed by atoms with E-state index in [2.05, 4.69) is 38.5 Å². The molecule has 0 atom stereocenters. The average Bonchev–Trinajstić information content (AvgIpc) is 2.84. The molecule has 6 heteroatoms. The third kappa shape index (κ3) is 4.12. The van der Waals surface area contributed by atoms with Gasteiger partial charge in [0.05, 0.1) is 6.04 Å². The summed E-state index contributed by atoms with van der Waals surface area (Å²) >= 11 is 1.86. The fourth-order valence-corrected chi connectivity index (χ4v) is 4.58. The van der Waals surface area contributed by atoms with Crippen LogP contribution in [0.1, 0.15) is 36.1 Å². The van der Waals surface area contributed by atoms with Crippen molar-refractivity contribution >= 4 is 23.1 Å². The third-order valence-corrected chi connectivity index (χ3v) is 6.20. The van der Waals surface area contributed by atoms with Crippen LogP contribution in [0.3, 0.4) is 0 Å². The van der Waals surface area contributed by atoms with Gasteiger partial charge in [-0.1, -0.05) is 12.8 Å². The second-order valence-corrected chi connectivity index (χ2v) is 8.20. The number of hydrogen-bond donors (Lipinski definition) is 1. The van der Waals surface area contributed by atoms with Gasteiger partial charge in [-0.25, -0.2) is 4.98 Å². The van der Waals surface area contributed by atoms with Crippen molar-refractivity contribution in [1.82, 2.24) is 14.9 Å². The molecule has 4 rings (SSSR count). The van der Waals surface area contributed by atoms with Gasteiger partial charge in [0.2, 0.25) is 5.95 Å². The molecule has 2 saturated heterocycles. The third-order valence-electron chi connectivity index (χ3n) is 5.20. The molecule has 2 fully saturated rings. The normalized spacial score (nSPS) is 19.5. The van der Waals surface area contributed by atoms with E-state index >= 15 is 0 Å². The van der Waals surface area contributed by atoms with E-state index in [0.29, 0.717) is 6.04 Å². The largest absolute Gasteiger partial charge is 0.356 e. The molecule has 134 valence electrons. The van der Waals surface area contributed by atoms with E-state index in [4.69, 9.17) is 4.98 Å². The van der Waals surface area contributed by atoms with Gasteiger partial charge in [-0.3, -0.25) is 4.90 Å². The number of aromatic nitrogens is 2. The molecular formula is C19H27N5S. The van der Waals surface area contributed by atoms with Crippen LogP contribution in [0, 0.1) is 6.92 Å². The quantitative estimate of drug-likeness (QED) is 0.887. The van der Waals surface area contributed by atoms with Crippen molar-refractivity contribution in [2.45, 2.75) is 45.2 Å². The molecule has 0 bridgehead atoms. The average molecular weight is 358 g/mol. The highest BCUT2D eigenvalue weighted by molar-refractivity contribution is 7.10. The number of hydrogen-bond acceptors (Lipinski definition) is 6. The monoisotopic (exact) mass is 357 g/mol. The zero-order chi connectivity index (χ0) is 17.1. The highest BCUT2D eigenvalue weighted by atomic mass is 32.1. The van der Waals surface area contributed by atoms with Crippen molar-refractivity contribution in [3.05, 3.63) is 34.2 Å². The predicted molar refractivity (Wildman–Crippen MR) is 104 cm³/mol. The highest BCUT2D eigenvalue weighted by Gasteiger charge is 2.27. The lowest BCUT2D eigenvalue weighted by molar-refractivity contribution is 0.154. The van der Waals surface area contributed by atoms with Crippen molar-refractivity contribution in [2.24, 2.45) is 0 Å². The van der Waals surface area contributed by atoms with E-state index in [1.807, 2.05) is 23.6 Å². The van der Waals surface area contributed by atoms with Gasteiger partial charge in [0.25, 0.3) is 0 Å². The van der Waals surface area contributed by atoms with Gasteiger partial charge in [0.1, 0.15) is 5.82 Å². The molecule has 0 spiro atoms. The highest BCUT2D eigenvalue weighted by Crippen LogP contribution is 2.23. The van der Waals surface area contributed by atoms with Crippen molar-refractivity contribution in [3.63, 3.8) is 0 Å². The predicted octanol–water partition coefficient (Wildman–Crippen LogP) is 3.52. The van der Waals surface area contributed by atoms with Crippen LogP contribution < -0.4 is 10.2 Å². The van der Waals surface area contributed by atoms with Crippen LogP contribution >= 0.6 is 11.3 Å². The van der Waals surface area contributed by atoms with Crippen LogP contribution in [0.15, 0.2) is 23.7 Å². The van der Waals surface area contributed by atoms with Crippen molar-refractivity contribution in [2.75, 3.05) is 36.4 Å². The zero-order valence-corrected chi connectivity index (χ0v) is 15.8. The molecule has 5 nitrogen and oxygen atoms in total. The van der Waals surface area contributed by atoms with Crippen molar-refractivity contribution in [3.8, 4) is 0 Å². The van der Waals surface area contributed by atoms with Crippen LogP contribution in [0.4, 0.5) is 11.8 Å². The Labute approximate surface area is 154 Å². The summed E-state index contributed by atoms with van der Waals surface area (Å²) in [6.07, 6.45) is 7.11. The molecule has 4 heterocycles. The molecular weight excluding hydrogens is 330 g/mol. The minimum absolute atomic E-state index is 0.458. The molecule has 2 aliphatic heterocycles. The Balaban J connectivity index is 1.30. The number of anilines is 2. The van der Waals surface area contributed by atoms with Crippen LogP contribution in [0.2, 0.25) is 0 Å². The summed E-state index contributed by atoms with van der Waals surface area (Å²) in [4.78, 5) is 15.6. The summed E-state index contributed by atoms with van der Waals surface area (Å²) in [5, 5.41) is 5.69. The minimum atomic E-state index is 0.458. The zero-order valence-electron chi connectivity index (χ0n) is 14.9. The Morgan fingerprint density at radius 1 is 1.16 bits per heavy atom. The van der Waals surface area contributed by atoms with E-state index in [9.17, 15) is 0 Å². The fourth-order valence-electron chi connectivity index (χ4n) is 3.64. The summed E-state index contributed by atoms with van der Waals surface area (Å²) in [5.74, 6) is 1.85. The van der Waals surface area contributed by atoms with E-state index in [1.165, 1.54) is 36.1 Å². The maximum atomic E-state index is 4.76. The van der Waals surface area contributed by atoms with Crippen LogP contribution in [0.25, 0.3) is 0 Å². The van der Waals surface area contributed by atoms with E-state index in [0.717, 1.165) is 44.5 Å². The Bertz CT molecular complexity index is 687. The lowest BCUT2D eigenvalue weighted by atomic mass is 10.1. The number of thiophene rings is 1. The molecule has 0 aromatic carbocycles.